The molecule has 14 heavy (non-hydrogen) atoms. The molecule has 0 aliphatic rings. The fourth-order valence-electron chi connectivity index (χ4n) is 0.937. The molecule has 76 valence electrons. The van der Waals surface area contributed by atoms with Gasteiger partial charge in [-0.1, -0.05) is 0 Å². The molecule has 3 nitrogen and oxygen atoms in total. The second kappa shape index (κ2) is 4.55. The minimum absolute atomic E-state index is 0.104. The number of nitrogens with one attached hydrogen (secondary N) is 1. The van der Waals surface area contributed by atoms with E-state index < -0.39 is 17.6 Å². The minimum atomic E-state index is -0.972. The first kappa shape index (κ1) is 10.4. The summed E-state index contributed by atoms with van der Waals surface area (Å²) in [6, 6.07) is 3.07. The summed E-state index contributed by atoms with van der Waals surface area (Å²) < 4.78 is 25.4. The van der Waals surface area contributed by atoms with Crippen molar-refractivity contribution in [3.8, 4) is 0 Å². The molecule has 1 aromatic rings. The van der Waals surface area contributed by atoms with E-state index in [2.05, 4.69) is 5.32 Å². The van der Waals surface area contributed by atoms with Crippen LogP contribution in [0, 0.1) is 11.6 Å². The van der Waals surface area contributed by atoms with Crippen LogP contribution in [0.25, 0.3) is 0 Å². The number of carboxylic acids is 1. The van der Waals surface area contributed by atoms with Crippen molar-refractivity contribution in [2.75, 3.05) is 11.9 Å². The largest absolute Gasteiger partial charge is 0.481 e. The van der Waals surface area contributed by atoms with Gasteiger partial charge in [-0.25, -0.2) is 8.78 Å². The lowest BCUT2D eigenvalue weighted by Crippen LogP contribution is -2.08. The highest BCUT2D eigenvalue weighted by atomic mass is 19.1. The standard InChI is InChI=1S/C9H9F2NO2/c10-6-1-2-8(7(11)5-6)12-4-3-9(13)14/h1-2,5,12H,3-4H2,(H,13,14). The third kappa shape index (κ3) is 3.01. The molecule has 0 unspecified atom stereocenters. The van der Waals surface area contributed by atoms with Crippen molar-refractivity contribution in [3.63, 3.8) is 0 Å². The normalized spacial score (nSPS) is 9.86. The van der Waals surface area contributed by atoms with Gasteiger partial charge in [0, 0.05) is 12.6 Å². The fraction of sp³-hybridized carbons (Fsp3) is 0.222. The van der Waals surface area contributed by atoms with Crippen molar-refractivity contribution >= 4 is 11.7 Å². The summed E-state index contributed by atoms with van der Waals surface area (Å²) in [5.74, 6) is -2.36. The number of hydrogen-bond acceptors (Lipinski definition) is 2. The fourth-order valence-corrected chi connectivity index (χ4v) is 0.937. The van der Waals surface area contributed by atoms with Gasteiger partial charge in [0.05, 0.1) is 12.1 Å². The molecule has 0 heterocycles. The van der Waals surface area contributed by atoms with E-state index in [9.17, 15) is 13.6 Å². The first-order valence-corrected chi connectivity index (χ1v) is 4.00. The summed E-state index contributed by atoms with van der Waals surface area (Å²) in [4.78, 5) is 10.1. The van der Waals surface area contributed by atoms with Crippen LogP contribution >= 0.6 is 0 Å². The number of carboxylic acid groups (broad SMARTS) is 1. The Labute approximate surface area is 79.4 Å². The molecule has 2 N–H and O–H groups in total. The molecule has 1 aromatic carbocycles. The Bertz CT molecular complexity index is 342. The average Bonchev–Trinajstić information content (AvgIpc) is 2.08. The number of aliphatic carboxylic acids is 1. The van der Waals surface area contributed by atoms with Gasteiger partial charge in [-0.2, -0.15) is 0 Å². The number of benzene rings is 1. The van der Waals surface area contributed by atoms with Crippen LogP contribution in [-0.4, -0.2) is 17.6 Å². The van der Waals surface area contributed by atoms with Gasteiger partial charge < -0.3 is 10.4 Å². The number of carbonyl (C=O) groups is 1. The maximum Gasteiger partial charge on any atom is 0.305 e. The van der Waals surface area contributed by atoms with E-state index in [1.54, 1.807) is 0 Å². The summed E-state index contributed by atoms with van der Waals surface area (Å²) in [7, 11) is 0. The Morgan fingerprint density at radius 1 is 1.43 bits per heavy atom. The second-order valence-electron chi connectivity index (χ2n) is 2.69. The zero-order valence-electron chi connectivity index (χ0n) is 7.26. The topological polar surface area (TPSA) is 49.3 Å². The van der Waals surface area contributed by atoms with Crippen molar-refractivity contribution < 1.29 is 18.7 Å². The molecule has 1 rings (SSSR count). The highest BCUT2D eigenvalue weighted by Gasteiger charge is 2.03. The van der Waals surface area contributed by atoms with E-state index in [0.717, 1.165) is 12.1 Å². The first-order valence-electron chi connectivity index (χ1n) is 4.00. The van der Waals surface area contributed by atoms with Gasteiger partial charge in [0.1, 0.15) is 11.6 Å². The summed E-state index contributed by atoms with van der Waals surface area (Å²) in [5.41, 5.74) is 0.104. The Kier molecular flexibility index (Phi) is 3.39. The van der Waals surface area contributed by atoms with Crippen LogP contribution in [0.15, 0.2) is 18.2 Å². The summed E-state index contributed by atoms with van der Waals surface area (Å²) >= 11 is 0. The Hall–Kier alpha value is -1.65. The third-order valence-electron chi connectivity index (χ3n) is 1.59. The lowest BCUT2D eigenvalue weighted by molar-refractivity contribution is -0.136. The van der Waals surface area contributed by atoms with Gasteiger partial charge >= 0.3 is 5.97 Å². The van der Waals surface area contributed by atoms with Gasteiger partial charge in [0.15, 0.2) is 0 Å². The third-order valence-corrected chi connectivity index (χ3v) is 1.59. The summed E-state index contributed by atoms with van der Waals surface area (Å²) in [6.45, 7) is 0.109. The van der Waals surface area contributed by atoms with Crippen molar-refractivity contribution in [2.45, 2.75) is 6.42 Å². The van der Waals surface area contributed by atoms with Crippen LogP contribution in [0.3, 0.4) is 0 Å². The molecule has 0 aliphatic carbocycles. The maximum atomic E-state index is 12.9. The van der Waals surface area contributed by atoms with Crippen LogP contribution in [0.2, 0.25) is 0 Å². The first-order chi connectivity index (χ1) is 6.59. The Morgan fingerprint density at radius 3 is 2.71 bits per heavy atom. The van der Waals surface area contributed by atoms with Crippen LogP contribution in [0.4, 0.5) is 14.5 Å². The van der Waals surface area contributed by atoms with E-state index in [-0.39, 0.29) is 18.7 Å². The molecule has 5 heteroatoms. The molecular formula is C9H9F2NO2. The van der Waals surface area contributed by atoms with Gasteiger partial charge in [-0.15, -0.1) is 0 Å². The van der Waals surface area contributed by atoms with E-state index in [1.807, 2.05) is 0 Å². The maximum absolute atomic E-state index is 12.9. The molecule has 0 saturated heterocycles. The van der Waals surface area contributed by atoms with E-state index in [0.29, 0.717) is 0 Å². The van der Waals surface area contributed by atoms with Gasteiger partial charge in [0.2, 0.25) is 0 Å². The molecule has 0 aliphatic heterocycles. The van der Waals surface area contributed by atoms with Crippen molar-refractivity contribution in [2.24, 2.45) is 0 Å². The number of rotatable bonds is 4. The SMILES string of the molecule is O=C(O)CCNc1ccc(F)cc1F. The lowest BCUT2D eigenvalue weighted by atomic mass is 10.3. The molecule has 0 bridgehead atoms. The second-order valence-corrected chi connectivity index (χ2v) is 2.69. The predicted molar refractivity (Wildman–Crippen MR) is 47.1 cm³/mol. The molecule has 0 radical (unpaired) electrons. The zero-order chi connectivity index (χ0) is 10.6. The zero-order valence-corrected chi connectivity index (χ0v) is 7.26. The molecule has 0 atom stereocenters. The molecule has 0 fully saturated rings. The van der Waals surface area contributed by atoms with Crippen LogP contribution in [0.1, 0.15) is 6.42 Å². The number of halogens is 2. The van der Waals surface area contributed by atoms with Gasteiger partial charge in [-0.05, 0) is 12.1 Å². The summed E-state index contributed by atoms with van der Waals surface area (Å²) in [5, 5.41) is 10.9. The van der Waals surface area contributed by atoms with Gasteiger partial charge in [-0.3, -0.25) is 4.79 Å². The van der Waals surface area contributed by atoms with Crippen molar-refractivity contribution in [1.82, 2.24) is 0 Å². The lowest BCUT2D eigenvalue weighted by Gasteiger charge is -2.05. The smallest absolute Gasteiger partial charge is 0.305 e. The molecule has 0 aromatic heterocycles. The minimum Gasteiger partial charge on any atom is -0.481 e. The molecule has 0 spiro atoms. The number of anilines is 1. The molecular weight excluding hydrogens is 192 g/mol. The number of hydrogen-bond donors (Lipinski definition) is 2. The predicted octanol–water partition coefficient (Wildman–Crippen LogP) is 1.85. The quantitative estimate of drug-likeness (QED) is 0.781. The van der Waals surface area contributed by atoms with Crippen molar-refractivity contribution in [3.05, 3.63) is 29.8 Å². The Morgan fingerprint density at radius 2 is 2.14 bits per heavy atom. The Balaban J connectivity index is 2.55. The van der Waals surface area contributed by atoms with Crippen molar-refractivity contribution in [1.29, 1.82) is 0 Å². The monoisotopic (exact) mass is 201 g/mol. The highest BCUT2D eigenvalue weighted by Crippen LogP contribution is 2.14. The van der Waals surface area contributed by atoms with Gasteiger partial charge in [0.25, 0.3) is 0 Å². The van der Waals surface area contributed by atoms with E-state index in [4.69, 9.17) is 5.11 Å². The highest BCUT2D eigenvalue weighted by molar-refractivity contribution is 5.67. The van der Waals surface area contributed by atoms with E-state index >= 15 is 0 Å². The molecule has 0 amide bonds. The van der Waals surface area contributed by atoms with Crippen LogP contribution in [-0.2, 0) is 4.79 Å². The average molecular weight is 201 g/mol. The van der Waals surface area contributed by atoms with E-state index in [1.165, 1.54) is 6.07 Å². The molecule has 0 saturated carbocycles. The van der Waals surface area contributed by atoms with Crippen LogP contribution < -0.4 is 5.32 Å². The van der Waals surface area contributed by atoms with Crippen LogP contribution in [0.5, 0.6) is 0 Å². The summed E-state index contributed by atoms with van der Waals surface area (Å²) in [6.07, 6.45) is -0.114.